The lowest BCUT2D eigenvalue weighted by Gasteiger charge is -2.15. The van der Waals surface area contributed by atoms with Crippen molar-refractivity contribution in [1.82, 2.24) is 0 Å². The van der Waals surface area contributed by atoms with Gasteiger partial charge in [-0.15, -0.1) is 0 Å². The van der Waals surface area contributed by atoms with E-state index in [1.165, 1.54) is 30.3 Å². The highest BCUT2D eigenvalue weighted by Gasteiger charge is 2.16. The second kappa shape index (κ2) is 6.68. The number of nitrogens with one attached hydrogen (secondary N) is 1. The third kappa shape index (κ3) is 3.79. The number of hydrogen-bond donors (Lipinski definition) is 1. The molecule has 2 aromatic rings. The molecule has 0 radical (unpaired) electrons. The molecule has 0 aromatic heterocycles. The predicted octanol–water partition coefficient (Wildman–Crippen LogP) is 3.65. The minimum atomic E-state index is -0.530. The summed E-state index contributed by atoms with van der Waals surface area (Å²) in [6.45, 7) is 1.85. The smallest absolute Gasteiger partial charge is 0.293 e. The topological polar surface area (TPSA) is 79.0 Å². The molecule has 2 aromatic carbocycles. The third-order valence-corrected chi connectivity index (χ3v) is 3.16. The van der Waals surface area contributed by atoms with Crippen LogP contribution in [-0.4, -0.2) is 11.0 Å². The van der Waals surface area contributed by atoms with Crippen LogP contribution in [0.4, 0.5) is 15.8 Å². The first kappa shape index (κ1) is 15.4. The lowest BCUT2D eigenvalue weighted by Crippen LogP contribution is -2.19. The molecule has 22 heavy (non-hydrogen) atoms. The number of nitrogens with zero attached hydrogens (tertiary/aromatic N) is 2. The van der Waals surface area contributed by atoms with Crippen LogP contribution in [0.1, 0.15) is 18.1 Å². The quantitative estimate of drug-likeness (QED) is 0.675. The summed E-state index contributed by atoms with van der Waals surface area (Å²) < 4.78 is 13.2. The first-order chi connectivity index (χ1) is 10.5. The molecular weight excluding hydrogens is 285 g/mol. The first-order valence-electron chi connectivity index (χ1n) is 6.69. The minimum Gasteiger partial charge on any atom is -0.377 e. The number of nitro benzene ring substituents is 1. The van der Waals surface area contributed by atoms with Crippen molar-refractivity contribution in [1.29, 1.82) is 5.26 Å². The van der Waals surface area contributed by atoms with Crippen LogP contribution in [-0.2, 0) is 6.42 Å². The number of hydrogen-bond acceptors (Lipinski definition) is 4. The van der Waals surface area contributed by atoms with Crippen molar-refractivity contribution in [3.8, 4) is 6.07 Å². The van der Waals surface area contributed by atoms with E-state index in [4.69, 9.17) is 5.26 Å². The SMILES string of the molecule is CC(Cc1cccc(F)c1)Nc1ccc(C#N)cc1[N+](=O)[O-]. The maximum atomic E-state index is 13.2. The van der Waals surface area contributed by atoms with Crippen LogP contribution >= 0.6 is 0 Å². The van der Waals surface area contributed by atoms with Crippen LogP contribution < -0.4 is 5.32 Å². The van der Waals surface area contributed by atoms with Crippen molar-refractivity contribution in [2.24, 2.45) is 0 Å². The van der Waals surface area contributed by atoms with Gasteiger partial charge in [0.1, 0.15) is 11.5 Å². The van der Waals surface area contributed by atoms with Crippen molar-refractivity contribution in [3.05, 3.63) is 69.5 Å². The molecule has 5 nitrogen and oxygen atoms in total. The monoisotopic (exact) mass is 299 g/mol. The molecular formula is C16H14FN3O2. The van der Waals surface area contributed by atoms with Crippen LogP contribution in [0.25, 0.3) is 0 Å². The summed E-state index contributed by atoms with van der Waals surface area (Å²) >= 11 is 0. The molecule has 0 aliphatic heterocycles. The zero-order chi connectivity index (χ0) is 16.1. The van der Waals surface area contributed by atoms with Gasteiger partial charge in [0.05, 0.1) is 16.6 Å². The molecule has 0 fully saturated rings. The number of halogens is 1. The molecule has 0 aliphatic rings. The zero-order valence-electron chi connectivity index (χ0n) is 11.9. The van der Waals surface area contributed by atoms with E-state index in [9.17, 15) is 14.5 Å². The highest BCUT2D eigenvalue weighted by atomic mass is 19.1. The molecule has 1 N–H and O–H groups in total. The van der Waals surface area contributed by atoms with Gasteiger partial charge in [-0.2, -0.15) is 5.26 Å². The fourth-order valence-electron chi connectivity index (χ4n) is 2.21. The number of rotatable bonds is 5. The molecule has 0 amide bonds. The van der Waals surface area contributed by atoms with E-state index in [1.54, 1.807) is 12.1 Å². The van der Waals surface area contributed by atoms with Gasteiger partial charge < -0.3 is 5.32 Å². The van der Waals surface area contributed by atoms with Crippen LogP contribution in [0.15, 0.2) is 42.5 Å². The third-order valence-electron chi connectivity index (χ3n) is 3.16. The Bertz CT molecular complexity index is 740. The average Bonchev–Trinajstić information content (AvgIpc) is 2.47. The van der Waals surface area contributed by atoms with E-state index in [0.29, 0.717) is 12.1 Å². The summed E-state index contributed by atoms with van der Waals surface area (Å²) in [6, 6.07) is 12.2. The van der Waals surface area contributed by atoms with E-state index < -0.39 is 4.92 Å². The molecule has 0 heterocycles. The molecule has 0 saturated heterocycles. The Kier molecular flexibility index (Phi) is 4.69. The molecule has 0 bridgehead atoms. The maximum Gasteiger partial charge on any atom is 0.293 e. The molecule has 0 spiro atoms. The van der Waals surface area contributed by atoms with Gasteiger partial charge >= 0.3 is 0 Å². The van der Waals surface area contributed by atoms with Crippen LogP contribution in [0.2, 0.25) is 0 Å². The lowest BCUT2D eigenvalue weighted by atomic mass is 10.1. The normalized spacial score (nSPS) is 11.5. The Morgan fingerprint density at radius 1 is 1.36 bits per heavy atom. The van der Waals surface area contributed by atoms with Crippen molar-refractivity contribution in [2.75, 3.05) is 5.32 Å². The molecule has 1 unspecified atom stereocenters. The summed E-state index contributed by atoms with van der Waals surface area (Å²) in [5, 5.41) is 22.9. The Morgan fingerprint density at radius 2 is 2.14 bits per heavy atom. The number of nitriles is 1. The maximum absolute atomic E-state index is 13.2. The van der Waals surface area contributed by atoms with E-state index >= 15 is 0 Å². The standard InChI is InChI=1S/C16H14FN3O2/c1-11(7-12-3-2-4-14(17)8-12)19-15-6-5-13(10-18)9-16(15)20(21)22/h2-6,8-9,11,19H,7H2,1H3. The van der Waals surface area contributed by atoms with E-state index in [2.05, 4.69) is 5.32 Å². The Morgan fingerprint density at radius 3 is 2.77 bits per heavy atom. The fourth-order valence-corrected chi connectivity index (χ4v) is 2.21. The Labute approximate surface area is 127 Å². The summed E-state index contributed by atoms with van der Waals surface area (Å²) in [6.07, 6.45) is 0.523. The largest absolute Gasteiger partial charge is 0.377 e. The van der Waals surface area contributed by atoms with Crippen molar-refractivity contribution in [2.45, 2.75) is 19.4 Å². The van der Waals surface area contributed by atoms with Crippen LogP contribution in [0.5, 0.6) is 0 Å². The van der Waals surface area contributed by atoms with Gasteiger partial charge in [-0.05, 0) is 43.2 Å². The zero-order valence-corrected chi connectivity index (χ0v) is 11.9. The lowest BCUT2D eigenvalue weighted by molar-refractivity contribution is -0.384. The summed E-state index contributed by atoms with van der Waals surface area (Å²) in [5.41, 5.74) is 1.23. The number of anilines is 1. The van der Waals surface area contributed by atoms with Gasteiger partial charge in [0.15, 0.2) is 0 Å². The van der Waals surface area contributed by atoms with Gasteiger partial charge in [0, 0.05) is 12.1 Å². The second-order valence-corrected chi connectivity index (χ2v) is 4.98. The highest BCUT2D eigenvalue weighted by Crippen LogP contribution is 2.26. The molecule has 1 atom stereocenters. The van der Waals surface area contributed by atoms with Gasteiger partial charge in [-0.3, -0.25) is 10.1 Å². The molecule has 6 heteroatoms. The Balaban J connectivity index is 2.16. The number of benzene rings is 2. The second-order valence-electron chi connectivity index (χ2n) is 4.98. The molecule has 0 aliphatic carbocycles. The average molecular weight is 299 g/mol. The van der Waals surface area contributed by atoms with E-state index in [0.717, 1.165) is 5.56 Å². The summed E-state index contributed by atoms with van der Waals surface area (Å²) in [5.74, 6) is -0.311. The van der Waals surface area contributed by atoms with Gasteiger partial charge in [-0.1, -0.05) is 12.1 Å². The molecule has 0 saturated carbocycles. The van der Waals surface area contributed by atoms with E-state index in [-0.39, 0.29) is 23.1 Å². The molecule has 112 valence electrons. The van der Waals surface area contributed by atoms with Crippen molar-refractivity contribution < 1.29 is 9.31 Å². The van der Waals surface area contributed by atoms with Gasteiger partial charge in [0.2, 0.25) is 0 Å². The summed E-state index contributed by atoms with van der Waals surface area (Å²) in [7, 11) is 0. The fraction of sp³-hybridized carbons (Fsp3) is 0.188. The highest BCUT2D eigenvalue weighted by molar-refractivity contribution is 5.64. The first-order valence-corrected chi connectivity index (χ1v) is 6.69. The summed E-state index contributed by atoms with van der Waals surface area (Å²) in [4.78, 5) is 10.6. The van der Waals surface area contributed by atoms with E-state index in [1.807, 2.05) is 13.0 Å². The Hall–Kier alpha value is -2.94. The minimum absolute atomic E-state index is 0.131. The van der Waals surface area contributed by atoms with Gasteiger partial charge in [0.25, 0.3) is 5.69 Å². The van der Waals surface area contributed by atoms with Crippen molar-refractivity contribution in [3.63, 3.8) is 0 Å². The van der Waals surface area contributed by atoms with Crippen LogP contribution in [0, 0.1) is 27.3 Å². The molecule has 2 rings (SSSR count). The van der Waals surface area contributed by atoms with Gasteiger partial charge in [-0.25, -0.2) is 4.39 Å². The predicted molar refractivity (Wildman–Crippen MR) is 81.0 cm³/mol. The van der Waals surface area contributed by atoms with Crippen molar-refractivity contribution >= 4 is 11.4 Å². The van der Waals surface area contributed by atoms with Crippen LogP contribution in [0.3, 0.4) is 0 Å². The number of nitro groups is 1.